The fourth-order valence-corrected chi connectivity index (χ4v) is 3.81. The van der Waals surface area contributed by atoms with Gasteiger partial charge < -0.3 is 18.8 Å². The molecule has 160 valence electrons. The number of nitrogens with zero attached hydrogens (tertiary/aromatic N) is 4. The standard InChI is InChI=1S/C22H20F2N4O3/c1-13-3-4-28-18(10-15-12-27(5-6-31-15)22(29)30-2)21(26-19(28)7-13)20-16(23)8-14(11-25)9-17(20)24/h3-4,7-9,15H,5-6,10,12H2,1-2H3. The van der Waals surface area contributed by atoms with Gasteiger partial charge in [0.1, 0.15) is 17.3 Å². The molecule has 7 nitrogen and oxygen atoms in total. The molecule has 1 atom stereocenters. The molecule has 3 heterocycles. The fraction of sp³-hybridized carbons (Fsp3) is 0.318. The quantitative estimate of drug-likeness (QED) is 0.641. The molecule has 1 amide bonds. The number of methoxy groups -OCH3 is 1. The predicted octanol–water partition coefficient (Wildman–Crippen LogP) is 3.47. The second-order valence-electron chi connectivity index (χ2n) is 7.38. The number of aryl methyl sites for hydroxylation is 1. The summed E-state index contributed by atoms with van der Waals surface area (Å²) in [6.45, 7) is 2.91. The van der Waals surface area contributed by atoms with Gasteiger partial charge in [-0.2, -0.15) is 5.26 Å². The van der Waals surface area contributed by atoms with E-state index in [4.69, 9.17) is 14.7 Å². The number of aromatic nitrogens is 2. The molecule has 0 N–H and O–H groups in total. The number of benzene rings is 1. The topological polar surface area (TPSA) is 79.9 Å². The van der Waals surface area contributed by atoms with Crippen LogP contribution in [-0.4, -0.2) is 53.3 Å². The van der Waals surface area contributed by atoms with Crippen LogP contribution in [0.3, 0.4) is 0 Å². The number of carbonyl (C=O) groups excluding carboxylic acids is 1. The van der Waals surface area contributed by atoms with E-state index in [-0.39, 0.29) is 29.8 Å². The van der Waals surface area contributed by atoms with Crippen molar-refractivity contribution in [3.63, 3.8) is 0 Å². The van der Waals surface area contributed by atoms with Crippen LogP contribution in [0.1, 0.15) is 16.8 Å². The van der Waals surface area contributed by atoms with Gasteiger partial charge in [0.05, 0.1) is 54.9 Å². The molecule has 0 bridgehead atoms. The fourth-order valence-electron chi connectivity index (χ4n) is 3.81. The Hall–Kier alpha value is -3.51. The lowest BCUT2D eigenvalue weighted by molar-refractivity contribution is -0.0241. The number of nitriles is 1. The molecule has 1 fully saturated rings. The summed E-state index contributed by atoms with van der Waals surface area (Å²) in [7, 11) is 1.31. The molecular formula is C22H20F2N4O3. The highest BCUT2D eigenvalue weighted by Gasteiger charge is 2.29. The van der Waals surface area contributed by atoms with E-state index in [0.29, 0.717) is 24.5 Å². The first-order chi connectivity index (χ1) is 14.9. The van der Waals surface area contributed by atoms with Crippen LogP contribution in [0.2, 0.25) is 0 Å². The highest BCUT2D eigenvalue weighted by molar-refractivity contribution is 5.69. The molecule has 3 aromatic rings. The van der Waals surface area contributed by atoms with Crippen LogP contribution < -0.4 is 0 Å². The van der Waals surface area contributed by atoms with Crippen molar-refractivity contribution in [1.82, 2.24) is 14.3 Å². The van der Waals surface area contributed by atoms with Crippen molar-refractivity contribution < 1.29 is 23.0 Å². The lowest BCUT2D eigenvalue weighted by atomic mass is 10.0. The second-order valence-corrected chi connectivity index (χ2v) is 7.38. The molecule has 1 saturated heterocycles. The van der Waals surface area contributed by atoms with Gasteiger partial charge >= 0.3 is 6.09 Å². The van der Waals surface area contributed by atoms with Gasteiger partial charge in [-0.25, -0.2) is 18.6 Å². The molecule has 1 aliphatic rings. The number of amides is 1. The Morgan fingerprint density at radius 3 is 2.77 bits per heavy atom. The smallest absolute Gasteiger partial charge is 0.409 e. The molecule has 31 heavy (non-hydrogen) atoms. The van der Waals surface area contributed by atoms with Crippen molar-refractivity contribution in [2.24, 2.45) is 0 Å². The van der Waals surface area contributed by atoms with Crippen molar-refractivity contribution in [1.29, 1.82) is 5.26 Å². The number of pyridine rings is 1. The lowest BCUT2D eigenvalue weighted by Crippen LogP contribution is -2.46. The SMILES string of the molecule is COC(=O)N1CCOC(Cc2c(-c3c(F)cc(C#N)cc3F)nc3cc(C)ccn23)C1. The Labute approximate surface area is 177 Å². The maximum Gasteiger partial charge on any atom is 0.409 e. The Morgan fingerprint density at radius 1 is 1.35 bits per heavy atom. The zero-order chi connectivity index (χ0) is 22.1. The maximum absolute atomic E-state index is 14.8. The number of ether oxygens (including phenoxy) is 2. The third kappa shape index (κ3) is 3.94. The zero-order valence-corrected chi connectivity index (χ0v) is 17.1. The van der Waals surface area contributed by atoms with Crippen LogP contribution in [0.25, 0.3) is 16.9 Å². The highest BCUT2D eigenvalue weighted by Crippen LogP contribution is 2.32. The number of imidazole rings is 1. The van der Waals surface area contributed by atoms with E-state index in [0.717, 1.165) is 17.7 Å². The number of hydrogen-bond acceptors (Lipinski definition) is 5. The summed E-state index contributed by atoms with van der Waals surface area (Å²) in [6, 6.07) is 7.42. The predicted molar refractivity (Wildman–Crippen MR) is 107 cm³/mol. The molecule has 1 unspecified atom stereocenters. The minimum absolute atomic E-state index is 0.107. The van der Waals surface area contributed by atoms with Gasteiger partial charge in [-0.05, 0) is 36.8 Å². The van der Waals surface area contributed by atoms with E-state index in [2.05, 4.69) is 4.98 Å². The maximum atomic E-state index is 14.8. The molecule has 1 aliphatic heterocycles. The minimum Gasteiger partial charge on any atom is -0.453 e. The summed E-state index contributed by atoms with van der Waals surface area (Å²) < 4.78 is 42.0. The van der Waals surface area contributed by atoms with Crippen molar-refractivity contribution in [2.45, 2.75) is 19.4 Å². The average molecular weight is 426 g/mol. The molecule has 0 radical (unpaired) electrons. The lowest BCUT2D eigenvalue weighted by Gasteiger charge is -2.32. The van der Waals surface area contributed by atoms with Crippen LogP contribution in [0.4, 0.5) is 13.6 Å². The second kappa shape index (κ2) is 8.32. The largest absolute Gasteiger partial charge is 0.453 e. The minimum atomic E-state index is -0.862. The van der Waals surface area contributed by atoms with Gasteiger partial charge in [0.15, 0.2) is 0 Å². The molecule has 9 heteroatoms. The van der Waals surface area contributed by atoms with Crippen molar-refractivity contribution >= 4 is 11.7 Å². The van der Waals surface area contributed by atoms with E-state index in [1.165, 1.54) is 12.0 Å². The van der Waals surface area contributed by atoms with Gasteiger partial charge in [0, 0.05) is 19.2 Å². The normalized spacial score (nSPS) is 16.4. The summed E-state index contributed by atoms with van der Waals surface area (Å²) in [6.07, 6.45) is 1.20. The molecule has 0 spiro atoms. The van der Waals surface area contributed by atoms with Gasteiger partial charge in [-0.1, -0.05) is 0 Å². The van der Waals surface area contributed by atoms with Gasteiger partial charge in [0.2, 0.25) is 0 Å². The number of carbonyl (C=O) groups is 1. The van der Waals surface area contributed by atoms with Crippen LogP contribution in [-0.2, 0) is 15.9 Å². The Bertz CT molecular complexity index is 1180. The van der Waals surface area contributed by atoms with Crippen molar-refractivity contribution in [3.8, 4) is 17.3 Å². The summed E-state index contributed by atoms with van der Waals surface area (Å²) in [5.74, 6) is -1.72. The monoisotopic (exact) mass is 426 g/mol. The molecule has 1 aromatic carbocycles. The van der Waals surface area contributed by atoms with Gasteiger partial charge in [-0.3, -0.25) is 0 Å². The van der Waals surface area contributed by atoms with Crippen LogP contribution in [0, 0.1) is 29.9 Å². The molecule has 0 saturated carbocycles. The first-order valence-electron chi connectivity index (χ1n) is 9.73. The number of fused-ring (bicyclic) bond motifs is 1. The summed E-state index contributed by atoms with van der Waals surface area (Å²) in [5.41, 5.74) is 1.77. The Balaban J connectivity index is 1.80. The van der Waals surface area contributed by atoms with E-state index in [1.807, 2.05) is 19.1 Å². The van der Waals surface area contributed by atoms with E-state index in [9.17, 15) is 13.6 Å². The number of halogens is 2. The van der Waals surface area contributed by atoms with Gasteiger partial charge in [-0.15, -0.1) is 0 Å². The van der Waals surface area contributed by atoms with Crippen molar-refractivity contribution in [2.75, 3.05) is 26.8 Å². The first-order valence-corrected chi connectivity index (χ1v) is 9.73. The average Bonchev–Trinajstić information content (AvgIpc) is 3.09. The van der Waals surface area contributed by atoms with E-state index < -0.39 is 23.8 Å². The molecular weight excluding hydrogens is 406 g/mol. The molecule has 0 aliphatic carbocycles. The Kier molecular flexibility index (Phi) is 5.57. The van der Waals surface area contributed by atoms with E-state index in [1.54, 1.807) is 16.7 Å². The van der Waals surface area contributed by atoms with Crippen LogP contribution >= 0.6 is 0 Å². The van der Waals surface area contributed by atoms with Crippen molar-refractivity contribution in [3.05, 3.63) is 58.9 Å². The van der Waals surface area contributed by atoms with Crippen LogP contribution in [0.15, 0.2) is 30.5 Å². The van der Waals surface area contributed by atoms with E-state index >= 15 is 0 Å². The van der Waals surface area contributed by atoms with Crippen LogP contribution in [0.5, 0.6) is 0 Å². The summed E-state index contributed by atoms with van der Waals surface area (Å²) in [4.78, 5) is 17.9. The third-order valence-electron chi connectivity index (χ3n) is 5.28. The number of hydrogen-bond donors (Lipinski definition) is 0. The third-order valence-corrected chi connectivity index (χ3v) is 5.28. The summed E-state index contributed by atoms with van der Waals surface area (Å²) in [5, 5.41) is 8.99. The summed E-state index contributed by atoms with van der Waals surface area (Å²) >= 11 is 0. The molecule has 2 aromatic heterocycles. The van der Waals surface area contributed by atoms with Gasteiger partial charge in [0.25, 0.3) is 0 Å². The first kappa shape index (κ1) is 20.8. The zero-order valence-electron chi connectivity index (χ0n) is 17.1. The Morgan fingerprint density at radius 2 is 2.10 bits per heavy atom. The molecule has 4 rings (SSSR count). The number of rotatable bonds is 3. The number of morpholine rings is 1. The highest BCUT2D eigenvalue weighted by atomic mass is 19.1.